The number of hydrogen-bond acceptors (Lipinski definition) is 4. The molecule has 0 aliphatic heterocycles. The van der Waals surface area contributed by atoms with E-state index in [0.717, 1.165) is 28.0 Å². The van der Waals surface area contributed by atoms with E-state index in [0.29, 0.717) is 11.5 Å². The molecule has 0 saturated carbocycles. The molecule has 104 valence electrons. The van der Waals surface area contributed by atoms with Crippen LogP contribution in [-0.4, -0.2) is 16.7 Å². The molecule has 0 radical (unpaired) electrons. The second kappa shape index (κ2) is 4.84. The van der Waals surface area contributed by atoms with Crippen LogP contribution in [-0.2, 0) is 0 Å². The Labute approximate surface area is 122 Å². The zero-order valence-electron chi connectivity index (χ0n) is 11.8. The van der Waals surface area contributed by atoms with E-state index >= 15 is 0 Å². The van der Waals surface area contributed by atoms with Crippen LogP contribution in [0.3, 0.4) is 0 Å². The van der Waals surface area contributed by atoms with Gasteiger partial charge in [-0.15, -0.1) is 0 Å². The summed E-state index contributed by atoms with van der Waals surface area (Å²) in [6.07, 6.45) is 0. The zero-order valence-corrected chi connectivity index (χ0v) is 11.8. The number of methoxy groups -OCH3 is 1. The summed E-state index contributed by atoms with van der Waals surface area (Å²) in [5, 5.41) is 9.05. The number of fused-ring (bicyclic) bond motifs is 1. The Morgan fingerprint density at radius 1 is 1.24 bits per heavy atom. The van der Waals surface area contributed by atoms with E-state index < -0.39 is 0 Å². The molecular formula is C16H14N4O. The van der Waals surface area contributed by atoms with Gasteiger partial charge in [0.15, 0.2) is 0 Å². The number of nitriles is 1. The number of anilines is 1. The van der Waals surface area contributed by atoms with Gasteiger partial charge in [0.25, 0.3) is 0 Å². The number of aromatic nitrogens is 2. The molecule has 0 atom stereocenters. The number of nitrogen functional groups attached to an aromatic ring is 1. The maximum atomic E-state index is 9.05. The molecule has 1 heterocycles. The van der Waals surface area contributed by atoms with Crippen molar-refractivity contribution in [3.63, 3.8) is 0 Å². The fraction of sp³-hybridized carbons (Fsp3) is 0.125. The number of hydrogen-bond donors (Lipinski definition) is 1. The molecule has 3 rings (SSSR count). The molecule has 0 aliphatic rings. The van der Waals surface area contributed by atoms with Gasteiger partial charge >= 0.3 is 0 Å². The second-order valence-corrected chi connectivity index (χ2v) is 4.77. The van der Waals surface area contributed by atoms with Crippen LogP contribution in [0, 0.1) is 18.3 Å². The van der Waals surface area contributed by atoms with Crippen molar-refractivity contribution in [1.29, 1.82) is 5.26 Å². The number of benzene rings is 2. The van der Waals surface area contributed by atoms with Gasteiger partial charge in [-0.25, -0.2) is 4.98 Å². The minimum absolute atomic E-state index is 0.393. The molecule has 1 aromatic heterocycles. The maximum Gasteiger partial charge on any atom is 0.205 e. The molecule has 21 heavy (non-hydrogen) atoms. The average Bonchev–Trinajstić information content (AvgIpc) is 2.81. The van der Waals surface area contributed by atoms with Gasteiger partial charge in [-0.3, -0.25) is 4.57 Å². The third kappa shape index (κ3) is 2.07. The Morgan fingerprint density at radius 3 is 2.71 bits per heavy atom. The number of ether oxygens (including phenoxy) is 1. The summed E-state index contributed by atoms with van der Waals surface area (Å²) in [6, 6.07) is 13.3. The molecule has 0 aliphatic carbocycles. The summed E-state index contributed by atoms with van der Waals surface area (Å²) in [7, 11) is 1.64. The lowest BCUT2D eigenvalue weighted by Crippen LogP contribution is -2.01. The first-order valence-corrected chi connectivity index (χ1v) is 6.47. The molecule has 0 saturated heterocycles. The van der Waals surface area contributed by atoms with Gasteiger partial charge in [-0.2, -0.15) is 5.26 Å². The van der Waals surface area contributed by atoms with Gasteiger partial charge < -0.3 is 10.5 Å². The van der Waals surface area contributed by atoms with E-state index in [-0.39, 0.29) is 0 Å². The Hall–Kier alpha value is -3.00. The number of imidazole rings is 1. The lowest BCUT2D eigenvalue weighted by molar-refractivity contribution is 0.411. The van der Waals surface area contributed by atoms with Crippen LogP contribution in [0.15, 0.2) is 36.4 Å². The molecule has 0 spiro atoms. The highest BCUT2D eigenvalue weighted by Gasteiger charge is 2.12. The summed E-state index contributed by atoms with van der Waals surface area (Å²) < 4.78 is 7.11. The average molecular weight is 278 g/mol. The lowest BCUT2D eigenvalue weighted by Gasteiger charge is -2.10. The molecule has 0 bridgehead atoms. The monoisotopic (exact) mass is 278 g/mol. The summed E-state index contributed by atoms with van der Waals surface area (Å²) in [5.41, 5.74) is 10.1. The second-order valence-electron chi connectivity index (χ2n) is 4.77. The van der Waals surface area contributed by atoms with Crippen molar-refractivity contribution in [3.05, 3.63) is 47.5 Å². The Bertz CT molecular complexity index is 874. The van der Waals surface area contributed by atoms with Gasteiger partial charge in [0.1, 0.15) is 5.75 Å². The van der Waals surface area contributed by atoms with Gasteiger partial charge in [0.2, 0.25) is 5.95 Å². The van der Waals surface area contributed by atoms with Crippen molar-refractivity contribution in [1.82, 2.24) is 9.55 Å². The minimum atomic E-state index is 0.393. The van der Waals surface area contributed by atoms with E-state index in [2.05, 4.69) is 11.1 Å². The van der Waals surface area contributed by atoms with Crippen LogP contribution in [0.2, 0.25) is 0 Å². The first-order chi connectivity index (χ1) is 10.1. The van der Waals surface area contributed by atoms with E-state index in [1.54, 1.807) is 25.3 Å². The van der Waals surface area contributed by atoms with E-state index in [4.69, 9.17) is 15.7 Å². The molecule has 0 fully saturated rings. The number of nitrogens with zero attached hydrogens (tertiary/aromatic N) is 3. The molecule has 5 nitrogen and oxygen atoms in total. The van der Waals surface area contributed by atoms with E-state index in [9.17, 15) is 0 Å². The Balaban J connectivity index is 2.26. The molecule has 3 aromatic rings. The van der Waals surface area contributed by atoms with Crippen LogP contribution in [0.1, 0.15) is 11.1 Å². The van der Waals surface area contributed by atoms with Gasteiger partial charge in [-0.05, 0) is 48.9 Å². The third-order valence-electron chi connectivity index (χ3n) is 3.45. The molecular weight excluding hydrogens is 264 g/mol. The Morgan fingerprint density at radius 2 is 2.05 bits per heavy atom. The molecule has 2 N–H and O–H groups in total. The summed E-state index contributed by atoms with van der Waals surface area (Å²) >= 11 is 0. The fourth-order valence-electron chi connectivity index (χ4n) is 2.44. The maximum absolute atomic E-state index is 9.05. The topological polar surface area (TPSA) is 76.9 Å². The quantitative estimate of drug-likeness (QED) is 0.782. The summed E-state index contributed by atoms with van der Waals surface area (Å²) in [6.45, 7) is 1.97. The standard InChI is InChI=1S/C16H14N4O/c1-10-7-12(4-6-15(10)21-2)20-14-8-11(9-17)3-5-13(14)19-16(20)18/h3-8H,1-2H3,(H2,18,19). The predicted octanol–water partition coefficient (Wildman–Crippen LogP) is 2.80. The van der Waals surface area contributed by atoms with Crippen molar-refractivity contribution < 1.29 is 4.74 Å². The summed E-state index contributed by atoms with van der Waals surface area (Å²) in [5.74, 6) is 1.21. The third-order valence-corrected chi connectivity index (χ3v) is 3.45. The highest BCUT2D eigenvalue weighted by Crippen LogP contribution is 2.27. The number of rotatable bonds is 2. The van der Waals surface area contributed by atoms with E-state index in [1.165, 1.54) is 0 Å². The van der Waals surface area contributed by atoms with Crippen molar-refractivity contribution >= 4 is 17.0 Å². The fourth-order valence-corrected chi connectivity index (χ4v) is 2.44. The van der Waals surface area contributed by atoms with Crippen molar-refractivity contribution in [2.45, 2.75) is 6.92 Å². The first-order valence-electron chi connectivity index (χ1n) is 6.47. The molecule has 0 unspecified atom stereocenters. The lowest BCUT2D eigenvalue weighted by atomic mass is 10.2. The van der Waals surface area contributed by atoms with Crippen molar-refractivity contribution in [2.24, 2.45) is 0 Å². The molecule has 5 heteroatoms. The summed E-state index contributed by atoms with van der Waals surface area (Å²) in [4.78, 5) is 4.34. The van der Waals surface area contributed by atoms with E-state index in [1.807, 2.05) is 29.7 Å². The minimum Gasteiger partial charge on any atom is -0.496 e. The first kappa shape index (κ1) is 13.0. The van der Waals surface area contributed by atoms with Gasteiger partial charge in [0, 0.05) is 5.69 Å². The number of aryl methyl sites for hydroxylation is 1. The van der Waals surface area contributed by atoms with Crippen LogP contribution in [0.5, 0.6) is 5.75 Å². The Kier molecular flexibility index (Phi) is 2.99. The highest BCUT2D eigenvalue weighted by molar-refractivity contribution is 5.82. The molecule has 2 aromatic carbocycles. The highest BCUT2D eigenvalue weighted by atomic mass is 16.5. The smallest absolute Gasteiger partial charge is 0.205 e. The van der Waals surface area contributed by atoms with Crippen LogP contribution >= 0.6 is 0 Å². The normalized spacial score (nSPS) is 10.5. The zero-order chi connectivity index (χ0) is 15.0. The van der Waals surface area contributed by atoms with Crippen molar-refractivity contribution in [2.75, 3.05) is 12.8 Å². The molecule has 0 amide bonds. The van der Waals surface area contributed by atoms with Crippen LogP contribution in [0.4, 0.5) is 5.95 Å². The van der Waals surface area contributed by atoms with Gasteiger partial charge in [0.05, 0.1) is 29.8 Å². The SMILES string of the molecule is COc1ccc(-n2c(N)nc3ccc(C#N)cc32)cc1C. The van der Waals surface area contributed by atoms with Crippen molar-refractivity contribution in [3.8, 4) is 17.5 Å². The van der Waals surface area contributed by atoms with Crippen LogP contribution in [0.25, 0.3) is 16.7 Å². The largest absolute Gasteiger partial charge is 0.496 e. The van der Waals surface area contributed by atoms with Crippen LogP contribution < -0.4 is 10.5 Å². The number of nitrogens with two attached hydrogens (primary N) is 1. The predicted molar refractivity (Wildman–Crippen MR) is 81.5 cm³/mol. The van der Waals surface area contributed by atoms with Gasteiger partial charge in [-0.1, -0.05) is 0 Å².